The third-order valence-electron chi connectivity index (χ3n) is 4.59. The van der Waals surface area contributed by atoms with E-state index < -0.39 is 10.0 Å². The first-order valence-electron chi connectivity index (χ1n) is 7.69. The molecule has 2 aliphatic rings. The molecule has 7 heteroatoms. The van der Waals surface area contributed by atoms with E-state index in [1.807, 2.05) is 6.92 Å². The van der Waals surface area contributed by atoms with Gasteiger partial charge in [0, 0.05) is 43.8 Å². The highest BCUT2D eigenvalue weighted by Gasteiger charge is 2.32. The molecule has 1 atom stereocenters. The number of nitrogens with one attached hydrogen (secondary N) is 1. The molecule has 2 heterocycles. The van der Waals surface area contributed by atoms with Gasteiger partial charge in [-0.3, -0.25) is 4.90 Å². The van der Waals surface area contributed by atoms with Crippen LogP contribution >= 0.6 is 11.6 Å². The van der Waals surface area contributed by atoms with Crippen LogP contribution in [0.3, 0.4) is 0 Å². The highest BCUT2D eigenvalue weighted by atomic mass is 35.5. The monoisotopic (exact) mass is 343 g/mol. The van der Waals surface area contributed by atoms with Crippen molar-refractivity contribution in [2.45, 2.75) is 24.3 Å². The van der Waals surface area contributed by atoms with Gasteiger partial charge >= 0.3 is 0 Å². The van der Waals surface area contributed by atoms with Gasteiger partial charge in [0.2, 0.25) is 10.0 Å². The molecule has 122 valence electrons. The predicted octanol–water partition coefficient (Wildman–Crippen LogP) is 1.32. The lowest BCUT2D eigenvalue weighted by Crippen LogP contribution is -2.52. The fourth-order valence-electron chi connectivity index (χ4n) is 3.25. The Morgan fingerprint density at radius 2 is 1.95 bits per heavy atom. The minimum absolute atomic E-state index is 0.330. The third-order valence-corrected chi connectivity index (χ3v) is 6.87. The first kappa shape index (κ1) is 16.2. The third kappa shape index (κ3) is 3.16. The van der Waals surface area contributed by atoms with Crippen molar-refractivity contribution in [2.75, 3.05) is 39.3 Å². The van der Waals surface area contributed by atoms with E-state index in [0.717, 1.165) is 38.2 Å². The smallest absolute Gasteiger partial charge is 0.243 e. The summed E-state index contributed by atoms with van der Waals surface area (Å²) >= 11 is 5.97. The van der Waals surface area contributed by atoms with E-state index in [1.165, 1.54) is 0 Å². The summed E-state index contributed by atoms with van der Waals surface area (Å²) in [4.78, 5) is 2.73. The maximum atomic E-state index is 12.8. The van der Waals surface area contributed by atoms with Crippen LogP contribution in [0.1, 0.15) is 12.0 Å². The average Bonchev–Trinajstić information content (AvgIpc) is 3.04. The Balaban J connectivity index is 1.73. The molecule has 22 heavy (non-hydrogen) atoms. The van der Waals surface area contributed by atoms with Gasteiger partial charge < -0.3 is 5.32 Å². The quantitative estimate of drug-likeness (QED) is 0.899. The minimum atomic E-state index is -3.46. The van der Waals surface area contributed by atoms with Crippen LogP contribution in [0.4, 0.5) is 0 Å². The molecule has 1 unspecified atom stereocenters. The molecule has 0 amide bonds. The molecule has 2 aliphatic heterocycles. The van der Waals surface area contributed by atoms with Crippen molar-refractivity contribution < 1.29 is 8.42 Å². The summed E-state index contributed by atoms with van der Waals surface area (Å²) in [5.41, 5.74) is 0.742. The molecule has 2 fully saturated rings. The van der Waals surface area contributed by atoms with Crippen LogP contribution in [0, 0.1) is 6.92 Å². The standard InChI is InChI=1S/C15H22ClN3O2S/c1-12-2-3-13(16)10-15(12)22(20,21)19-8-6-18(7-9-19)14-4-5-17-11-14/h2-3,10,14,17H,4-9,11H2,1H3. The van der Waals surface area contributed by atoms with E-state index >= 15 is 0 Å². The number of piperazine rings is 1. The molecule has 0 radical (unpaired) electrons. The number of nitrogens with zero attached hydrogens (tertiary/aromatic N) is 2. The number of halogens is 1. The molecular formula is C15H22ClN3O2S. The van der Waals surface area contributed by atoms with Gasteiger partial charge in [-0.05, 0) is 37.6 Å². The molecule has 0 bridgehead atoms. The van der Waals surface area contributed by atoms with Crippen LogP contribution in [-0.4, -0.2) is 62.9 Å². The summed E-state index contributed by atoms with van der Waals surface area (Å²) in [5.74, 6) is 0. The second-order valence-corrected chi connectivity index (χ2v) is 8.34. The largest absolute Gasteiger partial charge is 0.315 e. The Labute approximate surface area is 137 Å². The number of sulfonamides is 1. The number of aryl methyl sites for hydroxylation is 1. The van der Waals surface area contributed by atoms with E-state index in [0.29, 0.717) is 29.0 Å². The van der Waals surface area contributed by atoms with Crippen LogP contribution in [0.15, 0.2) is 23.1 Å². The molecule has 1 aromatic rings. The maximum absolute atomic E-state index is 12.8. The van der Waals surface area contributed by atoms with E-state index in [2.05, 4.69) is 10.2 Å². The average molecular weight is 344 g/mol. The summed E-state index contributed by atoms with van der Waals surface area (Å²) in [6.07, 6.45) is 1.15. The zero-order valence-electron chi connectivity index (χ0n) is 12.8. The molecule has 2 saturated heterocycles. The Morgan fingerprint density at radius 1 is 1.23 bits per heavy atom. The summed E-state index contributed by atoms with van der Waals surface area (Å²) in [5, 5.41) is 3.82. The first-order chi connectivity index (χ1) is 10.5. The van der Waals surface area contributed by atoms with Crippen LogP contribution in [0.2, 0.25) is 5.02 Å². The SMILES string of the molecule is Cc1ccc(Cl)cc1S(=O)(=O)N1CCN(C2CCNC2)CC1. The Kier molecular flexibility index (Phi) is 4.75. The highest BCUT2D eigenvalue weighted by molar-refractivity contribution is 7.89. The van der Waals surface area contributed by atoms with Crippen LogP contribution in [0.5, 0.6) is 0 Å². The number of benzene rings is 1. The van der Waals surface area contributed by atoms with Crippen LogP contribution in [-0.2, 0) is 10.0 Å². The van der Waals surface area contributed by atoms with Gasteiger partial charge in [-0.25, -0.2) is 8.42 Å². The molecule has 5 nitrogen and oxygen atoms in total. The lowest BCUT2D eigenvalue weighted by Gasteiger charge is -2.37. The van der Waals surface area contributed by atoms with Crippen molar-refractivity contribution in [1.29, 1.82) is 0 Å². The Hall–Kier alpha value is -0.660. The number of hydrogen-bond acceptors (Lipinski definition) is 4. The van der Waals surface area contributed by atoms with E-state index in [9.17, 15) is 8.42 Å². The Morgan fingerprint density at radius 3 is 2.59 bits per heavy atom. The number of rotatable bonds is 3. The molecule has 1 N–H and O–H groups in total. The van der Waals surface area contributed by atoms with Gasteiger partial charge in [-0.1, -0.05) is 17.7 Å². The van der Waals surface area contributed by atoms with Gasteiger partial charge in [0.05, 0.1) is 4.90 Å². The van der Waals surface area contributed by atoms with Crippen molar-refractivity contribution in [3.63, 3.8) is 0 Å². The summed E-state index contributed by atoms with van der Waals surface area (Å²) in [7, 11) is -3.46. The second kappa shape index (κ2) is 6.45. The molecule has 0 saturated carbocycles. The normalized spacial score (nSPS) is 24.7. The fourth-order valence-corrected chi connectivity index (χ4v) is 5.16. The van der Waals surface area contributed by atoms with Crippen LogP contribution in [0.25, 0.3) is 0 Å². The molecule has 0 spiro atoms. The van der Waals surface area contributed by atoms with E-state index in [1.54, 1.807) is 22.5 Å². The first-order valence-corrected chi connectivity index (χ1v) is 9.51. The van der Waals surface area contributed by atoms with Crippen molar-refractivity contribution >= 4 is 21.6 Å². The highest BCUT2D eigenvalue weighted by Crippen LogP contribution is 2.25. The summed E-state index contributed by atoms with van der Waals surface area (Å²) in [6, 6.07) is 5.59. The molecule has 1 aromatic carbocycles. The van der Waals surface area contributed by atoms with E-state index in [-0.39, 0.29) is 0 Å². The summed E-state index contributed by atoms with van der Waals surface area (Å²) in [6.45, 7) is 6.57. The molecule has 0 aliphatic carbocycles. The van der Waals surface area contributed by atoms with Gasteiger partial charge in [-0.15, -0.1) is 0 Å². The Bertz CT molecular complexity index is 636. The molecule has 0 aromatic heterocycles. The minimum Gasteiger partial charge on any atom is -0.315 e. The van der Waals surface area contributed by atoms with Crippen molar-refractivity contribution in [1.82, 2.24) is 14.5 Å². The molecular weight excluding hydrogens is 322 g/mol. The van der Waals surface area contributed by atoms with Crippen LogP contribution < -0.4 is 5.32 Å². The van der Waals surface area contributed by atoms with Gasteiger partial charge in [-0.2, -0.15) is 4.31 Å². The fraction of sp³-hybridized carbons (Fsp3) is 0.600. The lowest BCUT2D eigenvalue weighted by atomic mass is 10.2. The maximum Gasteiger partial charge on any atom is 0.243 e. The molecule has 3 rings (SSSR count). The zero-order valence-corrected chi connectivity index (χ0v) is 14.3. The number of hydrogen-bond donors (Lipinski definition) is 1. The second-order valence-electron chi connectivity index (χ2n) is 6.00. The predicted molar refractivity (Wildman–Crippen MR) is 87.8 cm³/mol. The van der Waals surface area contributed by atoms with Crippen molar-refractivity contribution in [3.05, 3.63) is 28.8 Å². The topological polar surface area (TPSA) is 52.7 Å². The zero-order chi connectivity index (χ0) is 15.7. The van der Waals surface area contributed by atoms with Gasteiger partial charge in [0.1, 0.15) is 0 Å². The summed E-state index contributed by atoms with van der Waals surface area (Å²) < 4.78 is 27.2. The van der Waals surface area contributed by atoms with Gasteiger partial charge in [0.15, 0.2) is 0 Å². The van der Waals surface area contributed by atoms with Crippen molar-refractivity contribution in [2.24, 2.45) is 0 Å². The van der Waals surface area contributed by atoms with Gasteiger partial charge in [0.25, 0.3) is 0 Å². The van der Waals surface area contributed by atoms with Crippen molar-refractivity contribution in [3.8, 4) is 0 Å². The lowest BCUT2D eigenvalue weighted by molar-refractivity contribution is 0.145. The van der Waals surface area contributed by atoms with E-state index in [4.69, 9.17) is 11.6 Å².